The summed E-state index contributed by atoms with van der Waals surface area (Å²) in [5.74, 6) is 0.125. The Kier molecular flexibility index (Phi) is 3.19. The van der Waals surface area contributed by atoms with E-state index >= 15 is 0 Å². The first-order valence-electron chi connectivity index (χ1n) is 6.63. The van der Waals surface area contributed by atoms with Crippen molar-refractivity contribution >= 4 is 36.0 Å². The van der Waals surface area contributed by atoms with Crippen molar-refractivity contribution in [2.45, 2.75) is 6.55 Å². The Hall–Kier alpha value is -1.58. The van der Waals surface area contributed by atoms with Crippen molar-refractivity contribution in [1.29, 1.82) is 0 Å². The van der Waals surface area contributed by atoms with Crippen LogP contribution in [0.4, 0.5) is 0 Å². The third-order valence-electron chi connectivity index (χ3n) is 4.13. The normalized spacial score (nSPS) is 21.8. The van der Waals surface area contributed by atoms with Crippen LogP contribution in [0.1, 0.15) is 10.4 Å². The topological polar surface area (TPSA) is 20.3 Å². The van der Waals surface area contributed by atoms with Crippen molar-refractivity contribution in [2.75, 3.05) is 13.2 Å². The number of amides is 1. The van der Waals surface area contributed by atoms with Crippen molar-refractivity contribution in [3.05, 3.63) is 59.1 Å². The summed E-state index contributed by atoms with van der Waals surface area (Å²) in [6.07, 6.45) is 0.810. The van der Waals surface area contributed by atoms with Gasteiger partial charge in [-0.3, -0.25) is 4.79 Å². The number of nitrogens with zero attached hydrogens (tertiary/aromatic N) is 1. The molecule has 0 saturated heterocycles. The van der Waals surface area contributed by atoms with Crippen LogP contribution >= 0.6 is 11.6 Å². The number of rotatable bonds is 1. The highest BCUT2D eigenvalue weighted by Gasteiger charge is 2.41. The largest absolute Gasteiger partial charge is 0.344 e. The molecule has 0 fully saturated rings. The van der Waals surface area contributed by atoms with Gasteiger partial charge in [0.1, 0.15) is 8.07 Å². The Morgan fingerprint density at radius 3 is 2.45 bits per heavy atom. The van der Waals surface area contributed by atoms with E-state index in [2.05, 4.69) is 24.7 Å². The van der Waals surface area contributed by atoms with Crippen LogP contribution in [-0.4, -0.2) is 32.1 Å². The van der Waals surface area contributed by atoms with Crippen LogP contribution < -0.4 is 10.4 Å². The Bertz CT molecular complexity index is 670. The molecular weight excluding hydrogens is 286 g/mol. The predicted molar refractivity (Wildman–Crippen MR) is 85.7 cm³/mol. The van der Waals surface area contributed by atoms with E-state index in [1.54, 1.807) is 0 Å². The van der Waals surface area contributed by atoms with E-state index in [-0.39, 0.29) is 5.91 Å². The van der Waals surface area contributed by atoms with Gasteiger partial charge in [-0.05, 0) is 23.4 Å². The molecule has 0 bridgehead atoms. The highest BCUT2D eigenvalue weighted by Crippen LogP contribution is 2.18. The molecule has 0 aliphatic carbocycles. The maximum absolute atomic E-state index is 12.3. The SMILES string of the molecule is CN1C[Si](C)(c2ccc(Cl)cc2)c2ccccc2C1=O. The van der Waals surface area contributed by atoms with Crippen LogP contribution in [0.2, 0.25) is 11.6 Å². The molecule has 1 heterocycles. The molecule has 0 spiro atoms. The monoisotopic (exact) mass is 301 g/mol. The number of fused-ring (bicyclic) bond motifs is 1. The van der Waals surface area contributed by atoms with Crippen LogP contribution in [0.25, 0.3) is 0 Å². The van der Waals surface area contributed by atoms with Crippen LogP contribution in [-0.2, 0) is 0 Å². The molecule has 2 aromatic carbocycles. The molecule has 1 aliphatic heterocycles. The molecule has 0 aromatic heterocycles. The second-order valence-corrected chi connectivity index (χ2v) is 10.1. The minimum atomic E-state index is -1.91. The van der Waals surface area contributed by atoms with Crippen LogP contribution in [0.3, 0.4) is 0 Å². The highest BCUT2D eigenvalue weighted by molar-refractivity contribution is 7.02. The van der Waals surface area contributed by atoms with Gasteiger partial charge < -0.3 is 4.90 Å². The van der Waals surface area contributed by atoms with E-state index in [1.807, 2.05) is 42.3 Å². The van der Waals surface area contributed by atoms with Gasteiger partial charge in [0, 0.05) is 23.8 Å². The molecule has 102 valence electrons. The summed E-state index contributed by atoms with van der Waals surface area (Å²) in [5.41, 5.74) is 0.852. The Morgan fingerprint density at radius 2 is 1.75 bits per heavy atom. The smallest absolute Gasteiger partial charge is 0.253 e. The average Bonchev–Trinajstić information content (AvgIpc) is 2.46. The van der Waals surface area contributed by atoms with Crippen molar-refractivity contribution in [2.24, 2.45) is 0 Å². The zero-order valence-corrected chi connectivity index (χ0v) is 13.3. The number of halogens is 1. The van der Waals surface area contributed by atoms with E-state index in [1.165, 1.54) is 10.4 Å². The molecule has 0 saturated carbocycles. The standard InChI is InChI=1S/C16H16ClNOSi/c1-18-11-20(2,13-9-7-12(17)8-10-13)15-6-4-3-5-14(15)16(18)19/h3-10H,11H2,1-2H3. The molecule has 20 heavy (non-hydrogen) atoms. The van der Waals surface area contributed by atoms with Crippen molar-refractivity contribution in [3.8, 4) is 0 Å². The maximum Gasteiger partial charge on any atom is 0.253 e. The van der Waals surface area contributed by atoms with Crippen LogP contribution in [0.5, 0.6) is 0 Å². The van der Waals surface area contributed by atoms with Gasteiger partial charge in [-0.25, -0.2) is 0 Å². The van der Waals surface area contributed by atoms with Crippen LogP contribution in [0.15, 0.2) is 48.5 Å². The van der Waals surface area contributed by atoms with Gasteiger partial charge in [0.2, 0.25) is 0 Å². The molecule has 1 aliphatic rings. The van der Waals surface area contributed by atoms with Gasteiger partial charge in [0.15, 0.2) is 0 Å². The molecule has 1 unspecified atom stereocenters. The van der Waals surface area contributed by atoms with Gasteiger partial charge in [-0.1, -0.05) is 53.7 Å². The Morgan fingerprint density at radius 1 is 1.10 bits per heavy atom. The summed E-state index contributed by atoms with van der Waals surface area (Å²) in [6, 6.07) is 16.1. The van der Waals surface area contributed by atoms with Crippen molar-refractivity contribution < 1.29 is 4.79 Å². The van der Waals surface area contributed by atoms with E-state index in [0.717, 1.165) is 16.8 Å². The second-order valence-electron chi connectivity index (χ2n) is 5.55. The lowest BCUT2D eigenvalue weighted by molar-refractivity contribution is 0.0812. The summed E-state index contributed by atoms with van der Waals surface area (Å²) in [5, 5.41) is 3.29. The van der Waals surface area contributed by atoms with Crippen LogP contribution in [0, 0.1) is 0 Å². The third-order valence-corrected chi connectivity index (χ3v) is 8.72. The number of carbonyl (C=O) groups excluding carboxylic acids is 1. The summed E-state index contributed by atoms with van der Waals surface area (Å²) in [6.45, 7) is 2.32. The summed E-state index contributed by atoms with van der Waals surface area (Å²) in [7, 11) is -0.0264. The minimum absolute atomic E-state index is 0.125. The fraction of sp³-hybridized carbons (Fsp3) is 0.188. The molecular formula is C16H16ClNOSi. The molecule has 3 rings (SSSR count). The van der Waals surface area contributed by atoms with E-state index < -0.39 is 8.07 Å². The van der Waals surface area contributed by atoms with E-state index in [9.17, 15) is 4.79 Å². The quantitative estimate of drug-likeness (QED) is 0.739. The summed E-state index contributed by atoms with van der Waals surface area (Å²) in [4.78, 5) is 14.2. The highest BCUT2D eigenvalue weighted by atomic mass is 35.5. The first kappa shape index (κ1) is 13.4. The average molecular weight is 302 g/mol. The number of benzene rings is 2. The predicted octanol–water partition coefficient (Wildman–Crippen LogP) is 2.16. The molecule has 1 amide bonds. The van der Waals surface area contributed by atoms with Gasteiger partial charge in [0.05, 0.1) is 0 Å². The zero-order chi connectivity index (χ0) is 14.3. The fourth-order valence-corrected chi connectivity index (χ4v) is 7.09. The fourth-order valence-electron chi connectivity index (χ4n) is 3.05. The van der Waals surface area contributed by atoms with Gasteiger partial charge in [-0.2, -0.15) is 0 Å². The number of hydrogen-bond donors (Lipinski definition) is 0. The Balaban J connectivity index is 2.20. The van der Waals surface area contributed by atoms with Gasteiger partial charge in [-0.15, -0.1) is 0 Å². The molecule has 2 aromatic rings. The zero-order valence-electron chi connectivity index (χ0n) is 11.6. The summed E-state index contributed by atoms with van der Waals surface area (Å²) < 4.78 is 0. The Labute approximate surface area is 125 Å². The molecule has 2 nitrogen and oxygen atoms in total. The molecule has 1 atom stereocenters. The first-order valence-corrected chi connectivity index (χ1v) is 9.72. The molecule has 0 radical (unpaired) electrons. The second kappa shape index (κ2) is 4.76. The van der Waals surface area contributed by atoms with Crippen molar-refractivity contribution in [1.82, 2.24) is 4.90 Å². The van der Waals surface area contributed by atoms with Crippen molar-refractivity contribution in [3.63, 3.8) is 0 Å². The molecule has 4 heteroatoms. The van der Waals surface area contributed by atoms with E-state index in [4.69, 9.17) is 11.6 Å². The first-order chi connectivity index (χ1) is 9.52. The lowest BCUT2D eigenvalue weighted by atomic mass is 10.2. The molecule has 0 N–H and O–H groups in total. The van der Waals surface area contributed by atoms with Gasteiger partial charge >= 0.3 is 0 Å². The van der Waals surface area contributed by atoms with E-state index in [0.29, 0.717) is 0 Å². The maximum atomic E-state index is 12.3. The number of hydrogen-bond acceptors (Lipinski definition) is 1. The van der Waals surface area contributed by atoms with Gasteiger partial charge in [0.25, 0.3) is 5.91 Å². The lowest BCUT2D eigenvalue weighted by Crippen LogP contribution is -2.67. The lowest BCUT2D eigenvalue weighted by Gasteiger charge is -2.39. The third kappa shape index (κ3) is 1.98. The summed E-state index contributed by atoms with van der Waals surface area (Å²) >= 11 is 6.00. The minimum Gasteiger partial charge on any atom is -0.344 e. The number of carbonyl (C=O) groups is 1.